The maximum atomic E-state index is 10.8. The zero-order chi connectivity index (χ0) is 15.4. The zero-order valence-corrected chi connectivity index (χ0v) is 12.1. The average molecular weight is 308 g/mol. The molecule has 6 nitrogen and oxygen atoms in total. The van der Waals surface area contributed by atoms with E-state index >= 15 is 0 Å². The van der Waals surface area contributed by atoms with Crippen molar-refractivity contribution in [2.75, 3.05) is 5.43 Å². The predicted molar refractivity (Wildman–Crippen MR) is 81.4 cm³/mol. The SMILES string of the molecule is Cc1cc(OCc2ccc([N+](=O)[O-])c(NN)c2)ccc1Cl. The fraction of sp³-hybridized carbons (Fsp3) is 0.143. The van der Waals surface area contributed by atoms with Crippen LogP contribution in [0.3, 0.4) is 0 Å². The Morgan fingerprint density at radius 3 is 2.71 bits per heavy atom. The van der Waals surface area contributed by atoms with Crippen LogP contribution in [0.15, 0.2) is 36.4 Å². The molecule has 0 atom stereocenters. The molecule has 2 rings (SSSR count). The highest BCUT2D eigenvalue weighted by Crippen LogP contribution is 2.26. The monoisotopic (exact) mass is 307 g/mol. The molecule has 0 fully saturated rings. The van der Waals surface area contributed by atoms with E-state index in [2.05, 4.69) is 5.43 Å². The maximum Gasteiger partial charge on any atom is 0.293 e. The summed E-state index contributed by atoms with van der Waals surface area (Å²) in [5.74, 6) is 5.97. The number of hydrogen-bond acceptors (Lipinski definition) is 5. The lowest BCUT2D eigenvalue weighted by Gasteiger charge is -2.09. The molecule has 0 heterocycles. The number of nitrogen functional groups attached to an aromatic ring is 1. The van der Waals surface area contributed by atoms with Crippen molar-refractivity contribution < 1.29 is 9.66 Å². The lowest BCUT2D eigenvalue weighted by Crippen LogP contribution is -2.09. The van der Waals surface area contributed by atoms with Crippen LogP contribution in [0, 0.1) is 17.0 Å². The summed E-state index contributed by atoms with van der Waals surface area (Å²) in [4.78, 5) is 10.3. The third-order valence-corrected chi connectivity index (χ3v) is 3.37. The van der Waals surface area contributed by atoms with Crippen molar-refractivity contribution in [3.63, 3.8) is 0 Å². The Bertz CT molecular complexity index is 677. The third-order valence-electron chi connectivity index (χ3n) is 2.95. The van der Waals surface area contributed by atoms with E-state index in [0.29, 0.717) is 10.8 Å². The van der Waals surface area contributed by atoms with Crippen molar-refractivity contribution in [1.29, 1.82) is 0 Å². The topological polar surface area (TPSA) is 90.4 Å². The summed E-state index contributed by atoms with van der Waals surface area (Å²) in [6.07, 6.45) is 0. The summed E-state index contributed by atoms with van der Waals surface area (Å²) in [7, 11) is 0. The Labute approximate surface area is 126 Å². The number of nitro groups is 1. The first-order valence-electron chi connectivity index (χ1n) is 6.14. The molecule has 21 heavy (non-hydrogen) atoms. The number of nitrogens with two attached hydrogens (primary N) is 1. The molecule has 0 saturated carbocycles. The second-order valence-electron chi connectivity index (χ2n) is 4.45. The van der Waals surface area contributed by atoms with Gasteiger partial charge in [0.2, 0.25) is 0 Å². The highest BCUT2D eigenvalue weighted by atomic mass is 35.5. The molecule has 2 aromatic carbocycles. The van der Waals surface area contributed by atoms with Crippen LogP contribution in [0.5, 0.6) is 5.75 Å². The number of rotatable bonds is 5. The minimum absolute atomic E-state index is 0.0800. The Morgan fingerprint density at radius 2 is 2.10 bits per heavy atom. The molecule has 0 aromatic heterocycles. The second-order valence-corrected chi connectivity index (χ2v) is 4.86. The largest absolute Gasteiger partial charge is 0.489 e. The number of ether oxygens (including phenoxy) is 1. The zero-order valence-electron chi connectivity index (χ0n) is 11.3. The lowest BCUT2D eigenvalue weighted by atomic mass is 10.2. The molecular formula is C14H14ClN3O3. The molecule has 7 heteroatoms. The molecule has 0 saturated heterocycles. The standard InChI is InChI=1S/C14H14ClN3O3/c1-9-6-11(3-4-12(9)15)21-8-10-2-5-14(18(19)20)13(7-10)17-16/h2-7,17H,8,16H2,1H3. The molecular weight excluding hydrogens is 294 g/mol. The number of benzene rings is 2. The second kappa shape index (κ2) is 6.43. The van der Waals surface area contributed by atoms with Crippen molar-refractivity contribution >= 4 is 23.0 Å². The van der Waals surface area contributed by atoms with Crippen LogP contribution in [-0.2, 0) is 6.61 Å². The first kappa shape index (κ1) is 15.1. The van der Waals surface area contributed by atoms with Crippen molar-refractivity contribution in [2.45, 2.75) is 13.5 Å². The highest BCUT2D eigenvalue weighted by Gasteiger charge is 2.13. The highest BCUT2D eigenvalue weighted by molar-refractivity contribution is 6.31. The van der Waals surface area contributed by atoms with Gasteiger partial charge in [0, 0.05) is 11.1 Å². The predicted octanol–water partition coefficient (Wildman–Crippen LogP) is 3.42. The third kappa shape index (κ3) is 3.62. The number of halogens is 1. The van der Waals surface area contributed by atoms with Crippen LogP contribution in [-0.4, -0.2) is 4.92 Å². The first-order valence-corrected chi connectivity index (χ1v) is 6.52. The number of nitrogens with one attached hydrogen (secondary N) is 1. The molecule has 2 aromatic rings. The molecule has 0 aliphatic carbocycles. The average Bonchev–Trinajstić information content (AvgIpc) is 2.48. The van der Waals surface area contributed by atoms with Gasteiger partial charge in [0.25, 0.3) is 5.69 Å². The van der Waals surface area contributed by atoms with Crippen molar-refractivity contribution in [3.05, 3.63) is 62.7 Å². The van der Waals surface area contributed by atoms with Crippen LogP contribution >= 0.6 is 11.6 Å². The summed E-state index contributed by atoms with van der Waals surface area (Å²) >= 11 is 5.94. The Hall–Kier alpha value is -2.31. The molecule has 0 aliphatic rings. The smallest absolute Gasteiger partial charge is 0.293 e. The summed E-state index contributed by atoms with van der Waals surface area (Å²) < 4.78 is 5.63. The minimum Gasteiger partial charge on any atom is -0.489 e. The Kier molecular flexibility index (Phi) is 4.62. The van der Waals surface area contributed by atoms with Gasteiger partial charge < -0.3 is 10.2 Å². The van der Waals surface area contributed by atoms with Crippen LogP contribution < -0.4 is 16.0 Å². The molecule has 0 aliphatic heterocycles. The van der Waals surface area contributed by atoms with E-state index in [-0.39, 0.29) is 18.0 Å². The number of hydrazine groups is 1. The van der Waals surface area contributed by atoms with Gasteiger partial charge in [-0.05, 0) is 48.4 Å². The number of aryl methyl sites for hydroxylation is 1. The van der Waals surface area contributed by atoms with E-state index in [1.54, 1.807) is 24.3 Å². The van der Waals surface area contributed by atoms with Crippen molar-refractivity contribution in [3.8, 4) is 5.75 Å². The summed E-state index contributed by atoms with van der Waals surface area (Å²) in [6.45, 7) is 2.16. The molecule has 0 bridgehead atoms. The fourth-order valence-corrected chi connectivity index (χ4v) is 1.94. The van der Waals surface area contributed by atoms with Gasteiger partial charge >= 0.3 is 0 Å². The molecule has 3 N–H and O–H groups in total. The number of nitro benzene ring substituents is 1. The summed E-state index contributed by atoms with van der Waals surface area (Å²) in [5.41, 5.74) is 4.16. The summed E-state index contributed by atoms with van der Waals surface area (Å²) in [5, 5.41) is 11.5. The van der Waals surface area contributed by atoms with Crippen LogP contribution in [0.25, 0.3) is 0 Å². The normalized spacial score (nSPS) is 10.2. The molecule has 0 unspecified atom stereocenters. The Morgan fingerprint density at radius 1 is 1.33 bits per heavy atom. The molecule has 110 valence electrons. The number of nitrogens with zero attached hydrogens (tertiary/aromatic N) is 1. The van der Waals surface area contributed by atoms with Gasteiger partial charge in [-0.25, -0.2) is 0 Å². The summed E-state index contributed by atoms with van der Waals surface area (Å²) in [6, 6.07) is 9.96. The molecule has 0 radical (unpaired) electrons. The molecule has 0 spiro atoms. The van der Waals surface area contributed by atoms with Gasteiger partial charge in [-0.15, -0.1) is 0 Å². The van der Waals surface area contributed by atoms with E-state index in [1.165, 1.54) is 6.07 Å². The van der Waals surface area contributed by atoms with Crippen molar-refractivity contribution in [2.24, 2.45) is 5.84 Å². The minimum atomic E-state index is -0.498. The van der Waals surface area contributed by atoms with Crippen LogP contribution in [0.4, 0.5) is 11.4 Å². The fourth-order valence-electron chi connectivity index (χ4n) is 1.82. The van der Waals surface area contributed by atoms with Gasteiger partial charge in [-0.2, -0.15) is 0 Å². The van der Waals surface area contributed by atoms with Crippen molar-refractivity contribution in [1.82, 2.24) is 0 Å². The van der Waals surface area contributed by atoms with E-state index < -0.39 is 4.92 Å². The molecule has 0 amide bonds. The first-order chi connectivity index (χ1) is 10.0. The lowest BCUT2D eigenvalue weighted by molar-refractivity contribution is -0.384. The van der Waals surface area contributed by atoms with Gasteiger partial charge in [0.15, 0.2) is 0 Å². The quantitative estimate of drug-likeness (QED) is 0.502. The van der Waals surface area contributed by atoms with Gasteiger partial charge in [0.05, 0.1) is 4.92 Å². The van der Waals surface area contributed by atoms with Gasteiger partial charge in [-0.3, -0.25) is 16.0 Å². The van der Waals surface area contributed by atoms with E-state index in [1.807, 2.05) is 13.0 Å². The van der Waals surface area contributed by atoms with E-state index in [0.717, 1.165) is 11.1 Å². The Balaban J connectivity index is 2.13. The maximum absolute atomic E-state index is 10.8. The number of anilines is 1. The number of hydrogen-bond donors (Lipinski definition) is 2. The van der Waals surface area contributed by atoms with Crippen LogP contribution in [0.1, 0.15) is 11.1 Å². The van der Waals surface area contributed by atoms with E-state index in [4.69, 9.17) is 22.2 Å². The van der Waals surface area contributed by atoms with E-state index in [9.17, 15) is 10.1 Å². The van der Waals surface area contributed by atoms with Gasteiger partial charge in [0.1, 0.15) is 18.0 Å². The van der Waals surface area contributed by atoms with Crippen LogP contribution in [0.2, 0.25) is 5.02 Å². The van der Waals surface area contributed by atoms with Gasteiger partial charge in [-0.1, -0.05) is 11.6 Å².